The van der Waals surface area contributed by atoms with Crippen LogP contribution >= 0.6 is 31.9 Å². The zero-order valence-electron chi connectivity index (χ0n) is 63.7. The van der Waals surface area contributed by atoms with Crippen LogP contribution in [0.2, 0.25) is 0 Å². The standard InChI is InChI=1S/C45H50BrN7O7.C41H44BrN7O5/c1-2-58-42(55)30-51-21-25-52(44(56)59-31-34-9-5-3-6-10-34)23-19-50(20-24-53(26-22-51)45(57)60-32-35-11-7-4-8-12-35)29-39(54)27-36-13-18-40-41(28-36)47-33-48-43(40)49-38-16-14-37(46)15-17-38;42-34-12-14-35(15-13-34)46-39-37-16-11-33(26-38(37)44-30-45-39)25-36(50)27-47-21-23-48(40(51)53-28-31-7-3-1-4-8-31)19-17-43-18-20-49(24-22-47)41(52)54-29-32-9-5-2-6-10-32/h3-18,28,33H,2,19-27,29-32H2,1H3,(H,47,48,49);1-16,26,30,43H,17-25,27-29H2,(H,44,45,46). The molecule has 2 aliphatic rings. The number of hydrogen-bond donors (Lipinski definition) is 3. The second-order valence-electron chi connectivity index (χ2n) is 27.3. The first kappa shape index (κ1) is 83.7. The van der Waals surface area contributed by atoms with Gasteiger partial charge in [0.15, 0.2) is 11.6 Å². The predicted octanol–water partition coefficient (Wildman–Crippen LogP) is 13.1. The largest absolute Gasteiger partial charge is 0.465 e. The van der Waals surface area contributed by atoms with Crippen LogP contribution in [0.25, 0.3) is 21.8 Å². The van der Waals surface area contributed by atoms with Crippen molar-refractivity contribution in [3.63, 3.8) is 0 Å². The fraction of sp³-hybridized carbons (Fsp3) is 0.314. The maximum absolute atomic E-state index is 13.8. The topological polar surface area (TPSA) is 276 Å². The summed E-state index contributed by atoms with van der Waals surface area (Å²) in [6, 6.07) is 65.1. The molecule has 3 N–H and O–H groups in total. The van der Waals surface area contributed by atoms with Gasteiger partial charge in [0.1, 0.15) is 50.7 Å². The fourth-order valence-electron chi connectivity index (χ4n) is 12.8. The van der Waals surface area contributed by atoms with E-state index in [0.717, 1.165) is 70.0 Å². The smallest absolute Gasteiger partial charge is 0.410 e. The zero-order valence-corrected chi connectivity index (χ0v) is 66.9. The van der Waals surface area contributed by atoms with Gasteiger partial charge in [0, 0.05) is 149 Å². The molecule has 0 spiro atoms. The summed E-state index contributed by atoms with van der Waals surface area (Å²) in [5.74, 6) is 0.889. The van der Waals surface area contributed by atoms with Gasteiger partial charge in [-0.25, -0.2) is 39.1 Å². The molecule has 114 heavy (non-hydrogen) atoms. The Morgan fingerprint density at radius 2 is 0.675 bits per heavy atom. The van der Waals surface area contributed by atoms with Gasteiger partial charge in [-0.15, -0.1) is 0 Å². The lowest BCUT2D eigenvalue weighted by Gasteiger charge is -2.33. The van der Waals surface area contributed by atoms with Gasteiger partial charge in [-0.05, 0) is 113 Å². The normalized spacial score (nSPS) is 14.4. The van der Waals surface area contributed by atoms with E-state index < -0.39 is 30.3 Å². The number of anilines is 4. The summed E-state index contributed by atoms with van der Waals surface area (Å²) in [7, 11) is 0. The summed E-state index contributed by atoms with van der Waals surface area (Å²) in [4.78, 5) is 124. The Kier molecular flexibility index (Phi) is 32.5. The molecule has 2 fully saturated rings. The maximum atomic E-state index is 13.8. The molecule has 594 valence electrons. The molecule has 26 nitrogen and oxygen atoms in total. The number of nitrogens with one attached hydrogen (secondary N) is 3. The molecule has 2 saturated heterocycles. The first-order valence-corrected chi connectivity index (χ1v) is 39.6. The summed E-state index contributed by atoms with van der Waals surface area (Å²) < 4.78 is 30.0. The molecule has 0 aliphatic carbocycles. The molecule has 2 aliphatic heterocycles. The van der Waals surface area contributed by atoms with Crippen molar-refractivity contribution in [1.82, 2.24) is 59.6 Å². The molecule has 2 aromatic heterocycles. The molecule has 0 bridgehead atoms. The molecule has 10 aromatic rings. The van der Waals surface area contributed by atoms with Crippen LogP contribution < -0.4 is 16.0 Å². The molecule has 8 aromatic carbocycles. The van der Waals surface area contributed by atoms with Crippen molar-refractivity contribution in [2.24, 2.45) is 0 Å². The minimum Gasteiger partial charge on any atom is -0.465 e. The lowest BCUT2D eigenvalue weighted by Crippen LogP contribution is -2.50. The number of rotatable bonds is 23. The van der Waals surface area contributed by atoms with Gasteiger partial charge in [0.05, 0.1) is 37.3 Å². The number of halogens is 2. The molecule has 4 heterocycles. The lowest BCUT2D eigenvalue weighted by atomic mass is 10.1. The lowest BCUT2D eigenvalue weighted by molar-refractivity contribution is -0.144. The highest BCUT2D eigenvalue weighted by Crippen LogP contribution is 2.28. The molecular weight excluding hydrogens is 1580 g/mol. The van der Waals surface area contributed by atoms with Gasteiger partial charge in [-0.1, -0.05) is 165 Å². The summed E-state index contributed by atoms with van der Waals surface area (Å²) in [5.41, 5.74) is 8.35. The van der Waals surface area contributed by atoms with Gasteiger partial charge < -0.3 is 59.2 Å². The zero-order chi connectivity index (χ0) is 79.6. The van der Waals surface area contributed by atoms with E-state index in [0.29, 0.717) is 95.7 Å². The first-order valence-electron chi connectivity index (χ1n) is 38.0. The van der Waals surface area contributed by atoms with Gasteiger partial charge in [-0.3, -0.25) is 29.1 Å². The van der Waals surface area contributed by atoms with E-state index in [2.05, 4.69) is 67.7 Å². The molecule has 4 amide bonds. The predicted molar refractivity (Wildman–Crippen MR) is 443 cm³/mol. The maximum Gasteiger partial charge on any atom is 0.410 e. The number of carbonyl (C=O) groups excluding carboxylic acids is 7. The minimum atomic E-state index is -0.503. The van der Waals surface area contributed by atoms with Crippen LogP contribution in [-0.2, 0) is 77.3 Å². The molecular formula is C86H94Br2N14O12. The van der Waals surface area contributed by atoms with Gasteiger partial charge >= 0.3 is 30.3 Å². The van der Waals surface area contributed by atoms with Crippen LogP contribution in [-0.4, -0.2) is 227 Å². The Bertz CT molecular complexity index is 4620. The van der Waals surface area contributed by atoms with E-state index >= 15 is 0 Å². The second kappa shape index (κ2) is 44.3. The summed E-state index contributed by atoms with van der Waals surface area (Å²) in [6.45, 7) is 8.34. The average Bonchev–Trinajstić information content (AvgIpc) is 0.812. The fourth-order valence-corrected chi connectivity index (χ4v) is 13.3. The highest BCUT2D eigenvalue weighted by Gasteiger charge is 2.27. The van der Waals surface area contributed by atoms with Crippen LogP contribution in [0.1, 0.15) is 40.3 Å². The monoisotopic (exact) mass is 1670 g/mol. The van der Waals surface area contributed by atoms with Gasteiger partial charge in [-0.2, -0.15) is 0 Å². The van der Waals surface area contributed by atoms with Crippen molar-refractivity contribution in [3.05, 3.63) is 261 Å². The number of carbonyl (C=O) groups is 7. The Labute approximate surface area is 680 Å². The summed E-state index contributed by atoms with van der Waals surface area (Å²) in [5, 5.41) is 11.7. The number of ketones is 2. The molecule has 0 saturated carbocycles. The summed E-state index contributed by atoms with van der Waals surface area (Å²) >= 11 is 6.93. The van der Waals surface area contributed by atoms with Crippen molar-refractivity contribution in [1.29, 1.82) is 0 Å². The number of Topliss-reactive ketones (excluding diaryl/α,β-unsaturated/α-hetero) is 2. The SMILES string of the molecule is CCOC(=O)CN1CCN(C(=O)OCc2ccccc2)CCN(CC(=O)Cc2ccc3c(Nc4ccc(Br)cc4)ncnc3c2)CCN(C(=O)OCc2ccccc2)CC1.O=C(Cc1ccc2c(Nc3ccc(Br)cc3)ncnc2c1)CN1CCN(C(=O)OCc2ccccc2)CCNCCN(C(=O)OCc2ccccc2)CC1. The number of hydrogen-bond acceptors (Lipinski definition) is 22. The number of amides is 4. The Balaban J connectivity index is 0.000000226. The van der Waals surface area contributed by atoms with E-state index in [9.17, 15) is 33.6 Å². The minimum absolute atomic E-state index is 0.00165. The summed E-state index contributed by atoms with van der Waals surface area (Å²) in [6.07, 6.45) is 1.52. The van der Waals surface area contributed by atoms with E-state index in [1.807, 2.05) is 221 Å². The quantitative estimate of drug-likeness (QED) is 0.0396. The highest BCUT2D eigenvalue weighted by atomic mass is 79.9. The van der Waals surface area contributed by atoms with Crippen molar-refractivity contribution < 1.29 is 57.2 Å². The number of nitrogens with zero attached hydrogens (tertiary/aromatic N) is 11. The van der Waals surface area contributed by atoms with Gasteiger partial charge in [0.25, 0.3) is 0 Å². The van der Waals surface area contributed by atoms with Crippen molar-refractivity contribution in [2.45, 2.75) is 46.2 Å². The van der Waals surface area contributed by atoms with Crippen LogP contribution in [0, 0.1) is 0 Å². The van der Waals surface area contributed by atoms with Crippen LogP contribution in [0.4, 0.5) is 42.2 Å². The van der Waals surface area contributed by atoms with Gasteiger partial charge in [0.2, 0.25) is 0 Å². The van der Waals surface area contributed by atoms with Crippen LogP contribution in [0.3, 0.4) is 0 Å². The number of ether oxygens (including phenoxy) is 5. The number of fused-ring (bicyclic) bond motifs is 2. The number of aromatic nitrogens is 4. The average molecular weight is 1680 g/mol. The Morgan fingerprint density at radius 3 is 1.00 bits per heavy atom. The molecule has 0 atom stereocenters. The van der Waals surface area contributed by atoms with Crippen LogP contribution in [0.15, 0.2) is 228 Å². The second-order valence-corrected chi connectivity index (χ2v) is 29.2. The van der Waals surface area contributed by atoms with Crippen molar-refractivity contribution in [2.75, 3.05) is 142 Å². The van der Waals surface area contributed by atoms with Crippen LogP contribution in [0.5, 0.6) is 0 Å². The molecule has 28 heteroatoms. The highest BCUT2D eigenvalue weighted by molar-refractivity contribution is 9.10. The van der Waals surface area contributed by atoms with Crippen molar-refractivity contribution in [3.8, 4) is 0 Å². The third-order valence-corrected chi connectivity index (χ3v) is 20.0. The van der Waals surface area contributed by atoms with E-state index in [1.54, 1.807) is 26.5 Å². The van der Waals surface area contributed by atoms with E-state index in [1.165, 1.54) is 12.7 Å². The molecule has 0 unspecified atom stereocenters. The Morgan fingerprint density at radius 1 is 0.360 bits per heavy atom. The van der Waals surface area contributed by atoms with Crippen molar-refractivity contribution >= 4 is 119 Å². The first-order chi connectivity index (χ1) is 55.6. The van der Waals surface area contributed by atoms with E-state index in [4.69, 9.17) is 23.7 Å². The third-order valence-electron chi connectivity index (χ3n) is 19.0. The number of benzene rings is 8. The van der Waals surface area contributed by atoms with E-state index in [-0.39, 0.29) is 103 Å². The molecule has 12 rings (SSSR count). The number of esters is 1. The Hall–Kier alpha value is -11.3. The third kappa shape index (κ3) is 27.3. The molecule has 0 radical (unpaired) electrons.